The Balaban J connectivity index is 2.18. The van der Waals surface area contributed by atoms with Crippen molar-refractivity contribution >= 4 is 12.0 Å². The van der Waals surface area contributed by atoms with Crippen LogP contribution in [-0.4, -0.2) is 41.4 Å². The van der Waals surface area contributed by atoms with Crippen molar-refractivity contribution in [3.63, 3.8) is 0 Å². The normalized spacial score (nSPS) is 16.2. The van der Waals surface area contributed by atoms with Crippen LogP contribution in [0.3, 0.4) is 0 Å². The van der Waals surface area contributed by atoms with Crippen molar-refractivity contribution in [1.82, 2.24) is 10.6 Å². The molecular formula is C11H18N2O4. The van der Waals surface area contributed by atoms with Gasteiger partial charge in [-0.05, 0) is 25.7 Å². The van der Waals surface area contributed by atoms with Crippen molar-refractivity contribution in [2.45, 2.75) is 31.7 Å². The molecule has 0 aromatic heterocycles. The standard InChI is InChI=1S/C11H18N2O4/c14-7-9(10(15)16)13-11(17)12-6-5-8-3-1-2-4-8/h3,9,14H,1-2,4-7H2,(H,15,16)(H2,12,13,17). The third kappa shape index (κ3) is 4.86. The quantitative estimate of drug-likeness (QED) is 0.501. The first-order chi connectivity index (χ1) is 8.13. The van der Waals surface area contributed by atoms with Gasteiger partial charge in [-0.15, -0.1) is 0 Å². The Morgan fingerprint density at radius 1 is 1.47 bits per heavy atom. The molecule has 17 heavy (non-hydrogen) atoms. The van der Waals surface area contributed by atoms with Gasteiger partial charge in [0.05, 0.1) is 6.61 Å². The number of amides is 2. The summed E-state index contributed by atoms with van der Waals surface area (Å²) in [4.78, 5) is 21.8. The number of aliphatic hydroxyl groups is 1. The summed E-state index contributed by atoms with van der Waals surface area (Å²) in [6.07, 6.45) is 6.33. The Morgan fingerprint density at radius 2 is 2.24 bits per heavy atom. The molecule has 0 aromatic carbocycles. The van der Waals surface area contributed by atoms with Crippen molar-refractivity contribution in [1.29, 1.82) is 0 Å². The van der Waals surface area contributed by atoms with Crippen molar-refractivity contribution in [3.8, 4) is 0 Å². The van der Waals surface area contributed by atoms with Crippen molar-refractivity contribution in [2.24, 2.45) is 0 Å². The maximum absolute atomic E-state index is 11.3. The largest absolute Gasteiger partial charge is 0.480 e. The molecule has 0 aromatic rings. The van der Waals surface area contributed by atoms with E-state index in [0.29, 0.717) is 6.54 Å². The highest BCUT2D eigenvalue weighted by molar-refractivity contribution is 5.82. The van der Waals surface area contributed by atoms with E-state index in [4.69, 9.17) is 10.2 Å². The second kappa shape index (κ2) is 6.90. The molecule has 0 bridgehead atoms. The number of urea groups is 1. The topological polar surface area (TPSA) is 98.7 Å². The lowest BCUT2D eigenvalue weighted by atomic mass is 10.2. The molecule has 0 radical (unpaired) electrons. The SMILES string of the molecule is O=C(NCCC1=CCCC1)NC(CO)C(=O)O. The van der Waals surface area contributed by atoms with Crippen molar-refractivity contribution < 1.29 is 19.8 Å². The number of carboxylic acid groups (broad SMARTS) is 1. The predicted molar refractivity (Wildman–Crippen MR) is 61.6 cm³/mol. The maximum atomic E-state index is 11.3. The third-order valence-corrected chi connectivity index (χ3v) is 2.65. The molecule has 0 aliphatic heterocycles. The van der Waals surface area contributed by atoms with Crippen LogP contribution in [0, 0.1) is 0 Å². The average Bonchev–Trinajstić information content (AvgIpc) is 2.78. The third-order valence-electron chi connectivity index (χ3n) is 2.65. The molecule has 96 valence electrons. The minimum atomic E-state index is -1.25. The Labute approximate surface area is 99.7 Å². The molecule has 1 aliphatic rings. The fourth-order valence-electron chi connectivity index (χ4n) is 1.70. The van der Waals surface area contributed by atoms with Gasteiger partial charge in [-0.25, -0.2) is 9.59 Å². The summed E-state index contributed by atoms with van der Waals surface area (Å²) in [7, 11) is 0. The van der Waals surface area contributed by atoms with Gasteiger partial charge >= 0.3 is 12.0 Å². The average molecular weight is 242 g/mol. The van der Waals surface area contributed by atoms with Crippen LogP contribution in [0.2, 0.25) is 0 Å². The zero-order valence-corrected chi connectivity index (χ0v) is 9.61. The highest BCUT2D eigenvalue weighted by Gasteiger charge is 2.18. The first-order valence-electron chi connectivity index (χ1n) is 5.69. The van der Waals surface area contributed by atoms with E-state index >= 15 is 0 Å². The van der Waals surface area contributed by atoms with Crippen LogP contribution in [0.5, 0.6) is 0 Å². The van der Waals surface area contributed by atoms with Crippen molar-refractivity contribution in [3.05, 3.63) is 11.6 Å². The number of hydrogen-bond donors (Lipinski definition) is 4. The smallest absolute Gasteiger partial charge is 0.328 e. The summed E-state index contributed by atoms with van der Waals surface area (Å²) in [5.74, 6) is -1.25. The number of carbonyl (C=O) groups excluding carboxylic acids is 1. The molecule has 1 aliphatic carbocycles. The first kappa shape index (κ1) is 13.5. The molecule has 0 fully saturated rings. The fourth-order valence-corrected chi connectivity index (χ4v) is 1.70. The molecule has 6 nitrogen and oxygen atoms in total. The molecule has 1 rings (SSSR count). The number of rotatable bonds is 6. The molecule has 2 amide bonds. The number of carbonyl (C=O) groups is 2. The van der Waals surface area contributed by atoms with Gasteiger partial charge in [-0.1, -0.05) is 11.6 Å². The minimum Gasteiger partial charge on any atom is -0.480 e. The number of hydrogen-bond acceptors (Lipinski definition) is 3. The first-order valence-corrected chi connectivity index (χ1v) is 5.69. The molecule has 1 unspecified atom stereocenters. The van der Waals surface area contributed by atoms with Crippen LogP contribution in [0.4, 0.5) is 4.79 Å². The van der Waals surface area contributed by atoms with Crippen LogP contribution in [0.25, 0.3) is 0 Å². The van der Waals surface area contributed by atoms with E-state index in [9.17, 15) is 9.59 Å². The Hall–Kier alpha value is -1.56. The summed E-state index contributed by atoms with van der Waals surface area (Å²) in [6.45, 7) is -0.136. The summed E-state index contributed by atoms with van der Waals surface area (Å²) in [5.41, 5.74) is 1.34. The molecule has 0 spiro atoms. The lowest BCUT2D eigenvalue weighted by Crippen LogP contribution is -2.48. The van der Waals surface area contributed by atoms with Crippen molar-refractivity contribution in [2.75, 3.05) is 13.2 Å². The predicted octanol–water partition coefficient (Wildman–Crippen LogP) is 0.231. The second-order valence-corrected chi connectivity index (χ2v) is 3.98. The van der Waals surface area contributed by atoms with Crippen LogP contribution >= 0.6 is 0 Å². The van der Waals surface area contributed by atoms with E-state index in [1.807, 2.05) is 0 Å². The molecule has 1 atom stereocenters. The van der Waals surface area contributed by atoms with E-state index in [2.05, 4.69) is 16.7 Å². The van der Waals surface area contributed by atoms with Gasteiger partial charge < -0.3 is 20.8 Å². The van der Waals surface area contributed by atoms with Gasteiger partial charge in [0.25, 0.3) is 0 Å². The van der Waals surface area contributed by atoms with E-state index in [1.54, 1.807) is 0 Å². The number of carboxylic acids is 1. The van der Waals surface area contributed by atoms with Gasteiger partial charge in [0, 0.05) is 6.54 Å². The highest BCUT2D eigenvalue weighted by atomic mass is 16.4. The lowest BCUT2D eigenvalue weighted by molar-refractivity contribution is -0.140. The summed E-state index contributed by atoms with van der Waals surface area (Å²) >= 11 is 0. The Kier molecular flexibility index (Phi) is 5.48. The fraction of sp³-hybridized carbons (Fsp3) is 0.636. The van der Waals surface area contributed by atoms with Gasteiger partial charge in [0.2, 0.25) is 0 Å². The van der Waals surface area contributed by atoms with E-state index in [1.165, 1.54) is 12.0 Å². The Bertz CT molecular complexity index is 315. The van der Waals surface area contributed by atoms with E-state index < -0.39 is 24.6 Å². The summed E-state index contributed by atoms with van der Waals surface area (Å²) < 4.78 is 0. The van der Waals surface area contributed by atoms with E-state index in [-0.39, 0.29) is 0 Å². The zero-order valence-electron chi connectivity index (χ0n) is 9.61. The molecule has 6 heteroatoms. The van der Waals surface area contributed by atoms with Crippen LogP contribution in [0.15, 0.2) is 11.6 Å². The van der Waals surface area contributed by atoms with Crippen LogP contribution < -0.4 is 10.6 Å². The molecule has 4 N–H and O–H groups in total. The molecular weight excluding hydrogens is 224 g/mol. The Morgan fingerprint density at radius 3 is 2.76 bits per heavy atom. The zero-order chi connectivity index (χ0) is 12.7. The summed E-state index contributed by atoms with van der Waals surface area (Å²) in [5, 5.41) is 22.1. The molecule has 0 saturated heterocycles. The van der Waals surface area contributed by atoms with Gasteiger partial charge in [0.1, 0.15) is 0 Å². The van der Waals surface area contributed by atoms with Gasteiger partial charge in [-0.3, -0.25) is 0 Å². The van der Waals surface area contributed by atoms with Crippen LogP contribution in [-0.2, 0) is 4.79 Å². The number of allylic oxidation sites excluding steroid dienone is 1. The van der Waals surface area contributed by atoms with Crippen LogP contribution in [0.1, 0.15) is 25.7 Å². The molecule has 0 saturated carbocycles. The highest BCUT2D eigenvalue weighted by Crippen LogP contribution is 2.19. The summed E-state index contributed by atoms with van der Waals surface area (Å²) in [6, 6.07) is -1.81. The number of aliphatic hydroxyl groups excluding tert-OH is 1. The van der Waals surface area contributed by atoms with Gasteiger partial charge in [0.15, 0.2) is 6.04 Å². The van der Waals surface area contributed by atoms with Gasteiger partial charge in [-0.2, -0.15) is 0 Å². The molecule has 0 heterocycles. The number of nitrogens with one attached hydrogen (secondary N) is 2. The van der Waals surface area contributed by atoms with E-state index in [0.717, 1.165) is 19.3 Å². The maximum Gasteiger partial charge on any atom is 0.328 e. The second-order valence-electron chi connectivity index (χ2n) is 3.98. The minimum absolute atomic E-state index is 0.482. The monoisotopic (exact) mass is 242 g/mol. The lowest BCUT2D eigenvalue weighted by Gasteiger charge is -2.12. The number of aliphatic carboxylic acids is 1.